The SMILES string of the molecule is CC(C)Cc1nnc(N2C(=O)c3oc4ccc(Br)cc4c(=O)c3C2c2ccccc2)s1. The molecule has 1 aliphatic heterocycles. The monoisotopic (exact) mass is 495 g/mol. The highest BCUT2D eigenvalue weighted by Gasteiger charge is 2.45. The van der Waals surface area contributed by atoms with Crippen LogP contribution in [0.5, 0.6) is 0 Å². The van der Waals surface area contributed by atoms with Gasteiger partial charge in [-0.25, -0.2) is 0 Å². The molecule has 1 atom stereocenters. The van der Waals surface area contributed by atoms with Crippen molar-refractivity contribution < 1.29 is 9.21 Å². The molecule has 156 valence electrons. The zero-order valence-electron chi connectivity index (χ0n) is 16.8. The van der Waals surface area contributed by atoms with Crippen molar-refractivity contribution in [2.24, 2.45) is 5.92 Å². The number of carbonyl (C=O) groups is 1. The predicted octanol–water partition coefficient (Wildman–Crippen LogP) is 5.36. The van der Waals surface area contributed by atoms with Crippen LogP contribution >= 0.6 is 27.3 Å². The Morgan fingerprint density at radius 2 is 1.90 bits per heavy atom. The number of fused-ring (bicyclic) bond motifs is 2. The summed E-state index contributed by atoms with van der Waals surface area (Å²) in [5.74, 6) is 0.108. The first kappa shape index (κ1) is 20.1. The zero-order valence-corrected chi connectivity index (χ0v) is 19.2. The third-order valence-corrected chi connectivity index (χ3v) is 6.63. The number of anilines is 1. The standard InChI is InChI=1S/C23H18BrN3O3S/c1-12(2)10-17-25-26-23(31-17)27-19(13-6-4-3-5-7-13)18-20(28)15-11-14(24)8-9-16(15)30-21(18)22(27)29/h3-9,11-12,19H,10H2,1-2H3. The Bertz CT molecular complexity index is 1360. The smallest absolute Gasteiger partial charge is 0.297 e. The van der Waals surface area contributed by atoms with Gasteiger partial charge in [0.1, 0.15) is 10.6 Å². The molecule has 0 aliphatic carbocycles. The average Bonchev–Trinajstić information content (AvgIpc) is 3.31. The minimum atomic E-state index is -0.622. The summed E-state index contributed by atoms with van der Waals surface area (Å²) in [4.78, 5) is 28.6. The lowest BCUT2D eigenvalue weighted by molar-refractivity contribution is 0.0970. The van der Waals surface area contributed by atoms with Crippen LogP contribution in [0.3, 0.4) is 0 Å². The highest BCUT2D eigenvalue weighted by molar-refractivity contribution is 9.10. The lowest BCUT2D eigenvalue weighted by atomic mass is 9.99. The molecular formula is C23H18BrN3O3S. The summed E-state index contributed by atoms with van der Waals surface area (Å²) in [7, 11) is 0. The predicted molar refractivity (Wildman–Crippen MR) is 124 cm³/mol. The largest absolute Gasteiger partial charge is 0.450 e. The first-order valence-electron chi connectivity index (χ1n) is 9.91. The van der Waals surface area contributed by atoms with E-state index in [1.165, 1.54) is 11.3 Å². The Labute approximate surface area is 190 Å². The molecule has 6 nitrogen and oxygen atoms in total. The van der Waals surface area contributed by atoms with Gasteiger partial charge in [0, 0.05) is 10.9 Å². The van der Waals surface area contributed by atoms with Gasteiger partial charge >= 0.3 is 0 Å². The fourth-order valence-corrected chi connectivity index (χ4v) is 5.31. The Hall–Kier alpha value is -2.84. The molecule has 0 saturated heterocycles. The van der Waals surface area contributed by atoms with Crippen LogP contribution in [-0.2, 0) is 6.42 Å². The number of hydrogen-bond donors (Lipinski definition) is 0. The third-order valence-electron chi connectivity index (χ3n) is 5.19. The van der Waals surface area contributed by atoms with Crippen molar-refractivity contribution in [1.82, 2.24) is 10.2 Å². The van der Waals surface area contributed by atoms with Gasteiger partial charge in [0.05, 0.1) is 17.0 Å². The highest BCUT2D eigenvalue weighted by atomic mass is 79.9. The van der Waals surface area contributed by atoms with Crippen molar-refractivity contribution in [2.75, 3.05) is 4.90 Å². The molecular weight excluding hydrogens is 478 g/mol. The fourth-order valence-electron chi connectivity index (χ4n) is 3.87. The van der Waals surface area contributed by atoms with Crippen molar-refractivity contribution in [3.05, 3.63) is 85.1 Å². The number of carbonyl (C=O) groups excluding carboxylic acids is 1. The number of nitrogens with zero attached hydrogens (tertiary/aromatic N) is 3. The van der Waals surface area contributed by atoms with Crippen LogP contribution in [0.2, 0.25) is 0 Å². The van der Waals surface area contributed by atoms with Crippen molar-refractivity contribution >= 4 is 49.3 Å². The Kier molecular flexibility index (Phi) is 4.98. The molecule has 2 aromatic heterocycles. The number of benzene rings is 2. The molecule has 0 N–H and O–H groups in total. The Balaban J connectivity index is 1.74. The molecule has 5 rings (SSSR count). The van der Waals surface area contributed by atoms with Gasteiger partial charge in [-0.1, -0.05) is 71.4 Å². The number of amides is 1. The van der Waals surface area contributed by atoms with E-state index in [1.807, 2.05) is 30.3 Å². The first-order chi connectivity index (χ1) is 14.9. The molecule has 2 aromatic carbocycles. The van der Waals surface area contributed by atoms with Gasteiger partial charge < -0.3 is 4.42 Å². The van der Waals surface area contributed by atoms with Crippen LogP contribution in [0, 0.1) is 5.92 Å². The van der Waals surface area contributed by atoms with Gasteiger partial charge in [-0.15, -0.1) is 10.2 Å². The number of halogens is 1. The minimum Gasteiger partial charge on any atom is -0.450 e. The second-order valence-corrected chi connectivity index (χ2v) is 9.84. The van der Waals surface area contributed by atoms with E-state index in [1.54, 1.807) is 23.1 Å². The molecule has 1 amide bonds. The molecule has 3 heterocycles. The van der Waals surface area contributed by atoms with Gasteiger partial charge in [0.25, 0.3) is 5.91 Å². The van der Waals surface area contributed by atoms with E-state index >= 15 is 0 Å². The molecule has 0 bridgehead atoms. The second-order valence-electron chi connectivity index (χ2n) is 7.88. The van der Waals surface area contributed by atoms with Crippen LogP contribution in [0.25, 0.3) is 11.0 Å². The molecule has 0 saturated carbocycles. The van der Waals surface area contributed by atoms with Crippen molar-refractivity contribution in [2.45, 2.75) is 26.3 Å². The van der Waals surface area contributed by atoms with E-state index in [-0.39, 0.29) is 17.1 Å². The first-order valence-corrected chi connectivity index (χ1v) is 11.5. The lowest BCUT2D eigenvalue weighted by Gasteiger charge is -2.21. The third kappa shape index (κ3) is 3.40. The topological polar surface area (TPSA) is 76.3 Å². The van der Waals surface area contributed by atoms with Crippen LogP contribution in [0.4, 0.5) is 5.13 Å². The van der Waals surface area contributed by atoms with E-state index in [2.05, 4.69) is 40.0 Å². The lowest BCUT2D eigenvalue weighted by Crippen LogP contribution is -2.29. The number of aromatic nitrogens is 2. The maximum atomic E-state index is 13.5. The van der Waals surface area contributed by atoms with Gasteiger partial charge in [-0.2, -0.15) is 0 Å². The zero-order chi connectivity index (χ0) is 21.7. The maximum Gasteiger partial charge on any atom is 0.297 e. The van der Waals surface area contributed by atoms with Crippen LogP contribution in [-0.4, -0.2) is 16.1 Å². The van der Waals surface area contributed by atoms with Crippen molar-refractivity contribution in [1.29, 1.82) is 0 Å². The minimum absolute atomic E-state index is 0.0642. The fraction of sp³-hybridized carbons (Fsp3) is 0.217. The van der Waals surface area contributed by atoms with Crippen molar-refractivity contribution in [3.8, 4) is 0 Å². The Morgan fingerprint density at radius 1 is 1.13 bits per heavy atom. The Morgan fingerprint density at radius 3 is 2.65 bits per heavy atom. The number of hydrogen-bond acceptors (Lipinski definition) is 6. The normalized spacial score (nSPS) is 15.8. The van der Waals surface area contributed by atoms with Crippen molar-refractivity contribution in [3.63, 3.8) is 0 Å². The molecule has 1 aliphatic rings. The summed E-state index contributed by atoms with van der Waals surface area (Å²) in [6, 6.07) is 14.1. The molecule has 0 radical (unpaired) electrons. The highest BCUT2D eigenvalue weighted by Crippen LogP contribution is 2.42. The summed E-state index contributed by atoms with van der Waals surface area (Å²) >= 11 is 4.79. The van der Waals surface area contributed by atoms with Crippen LogP contribution < -0.4 is 10.3 Å². The van der Waals surface area contributed by atoms with E-state index < -0.39 is 6.04 Å². The van der Waals surface area contributed by atoms with Crippen LogP contribution in [0.1, 0.15) is 46.6 Å². The van der Waals surface area contributed by atoms with Gasteiger partial charge in [0.2, 0.25) is 10.9 Å². The summed E-state index contributed by atoms with van der Waals surface area (Å²) in [6.45, 7) is 4.22. The summed E-state index contributed by atoms with van der Waals surface area (Å²) in [6.07, 6.45) is 0.776. The second kappa shape index (κ2) is 7.69. The average molecular weight is 496 g/mol. The molecule has 0 spiro atoms. The van der Waals surface area contributed by atoms with E-state index in [4.69, 9.17) is 4.42 Å². The molecule has 1 unspecified atom stereocenters. The molecule has 31 heavy (non-hydrogen) atoms. The van der Waals surface area contributed by atoms with Crippen LogP contribution in [0.15, 0.2) is 62.2 Å². The molecule has 8 heteroatoms. The quantitative estimate of drug-likeness (QED) is 0.381. The van der Waals surface area contributed by atoms with Gasteiger partial charge in [-0.05, 0) is 29.7 Å². The summed E-state index contributed by atoms with van der Waals surface area (Å²) < 4.78 is 6.74. The number of rotatable bonds is 4. The summed E-state index contributed by atoms with van der Waals surface area (Å²) in [5.41, 5.74) is 1.32. The maximum absolute atomic E-state index is 13.5. The van der Waals surface area contributed by atoms with E-state index in [0.29, 0.717) is 27.6 Å². The van der Waals surface area contributed by atoms with Gasteiger partial charge in [0.15, 0.2) is 5.43 Å². The van der Waals surface area contributed by atoms with E-state index in [0.717, 1.165) is 21.5 Å². The van der Waals surface area contributed by atoms with E-state index in [9.17, 15) is 9.59 Å². The summed E-state index contributed by atoms with van der Waals surface area (Å²) in [5, 5.41) is 10.3. The molecule has 4 aromatic rings. The van der Waals surface area contributed by atoms with Gasteiger partial charge in [-0.3, -0.25) is 14.5 Å². The molecule has 0 fully saturated rings.